The van der Waals surface area contributed by atoms with E-state index in [9.17, 15) is 0 Å². The summed E-state index contributed by atoms with van der Waals surface area (Å²) in [6.07, 6.45) is 4.99. The molecule has 94 valence electrons. The SMILES string of the molecule is c1csc(CCNC2CCCc3ccccc32)c1. The third-order valence-corrected chi connectivity index (χ3v) is 4.65. The van der Waals surface area contributed by atoms with E-state index in [4.69, 9.17) is 0 Å². The largest absolute Gasteiger partial charge is 0.310 e. The predicted molar refractivity (Wildman–Crippen MR) is 78.1 cm³/mol. The standard InChI is InChI=1S/C16H19NS/c1-2-8-15-13(5-1)6-3-9-16(15)17-11-10-14-7-4-12-18-14/h1-2,4-5,7-8,12,16-17H,3,6,9-11H2. The lowest BCUT2D eigenvalue weighted by Crippen LogP contribution is -2.26. The Labute approximate surface area is 113 Å². The minimum atomic E-state index is 0.565. The molecule has 1 aliphatic carbocycles. The van der Waals surface area contributed by atoms with Crippen molar-refractivity contribution in [1.82, 2.24) is 5.32 Å². The summed E-state index contributed by atoms with van der Waals surface area (Å²) < 4.78 is 0. The summed E-state index contributed by atoms with van der Waals surface area (Å²) in [5.74, 6) is 0. The molecule has 0 fully saturated rings. The lowest BCUT2D eigenvalue weighted by Gasteiger charge is -2.26. The molecular weight excluding hydrogens is 238 g/mol. The van der Waals surface area contributed by atoms with Crippen molar-refractivity contribution < 1.29 is 0 Å². The molecule has 1 heterocycles. The molecular formula is C16H19NS. The van der Waals surface area contributed by atoms with Crippen LogP contribution in [-0.4, -0.2) is 6.54 Å². The zero-order valence-electron chi connectivity index (χ0n) is 10.6. The number of hydrogen-bond donors (Lipinski definition) is 1. The van der Waals surface area contributed by atoms with E-state index in [-0.39, 0.29) is 0 Å². The van der Waals surface area contributed by atoms with Crippen molar-refractivity contribution in [1.29, 1.82) is 0 Å². The van der Waals surface area contributed by atoms with Crippen LogP contribution in [0.5, 0.6) is 0 Å². The topological polar surface area (TPSA) is 12.0 Å². The van der Waals surface area contributed by atoms with E-state index in [0.717, 1.165) is 13.0 Å². The normalized spacial score (nSPS) is 18.6. The Kier molecular flexibility index (Phi) is 3.77. The molecule has 2 aromatic rings. The summed E-state index contributed by atoms with van der Waals surface area (Å²) in [6.45, 7) is 1.08. The first-order valence-electron chi connectivity index (χ1n) is 6.77. The highest BCUT2D eigenvalue weighted by atomic mass is 32.1. The second kappa shape index (κ2) is 5.68. The molecule has 0 spiro atoms. The third-order valence-electron chi connectivity index (χ3n) is 3.71. The van der Waals surface area contributed by atoms with E-state index in [1.54, 1.807) is 0 Å². The van der Waals surface area contributed by atoms with Crippen molar-refractivity contribution in [2.45, 2.75) is 31.7 Å². The summed E-state index contributed by atoms with van der Waals surface area (Å²) in [7, 11) is 0. The molecule has 0 amide bonds. The van der Waals surface area contributed by atoms with Gasteiger partial charge in [0.25, 0.3) is 0 Å². The molecule has 0 radical (unpaired) electrons. The highest BCUT2D eigenvalue weighted by molar-refractivity contribution is 7.09. The van der Waals surface area contributed by atoms with Gasteiger partial charge in [-0.15, -0.1) is 11.3 Å². The summed E-state index contributed by atoms with van der Waals surface area (Å²) in [6, 6.07) is 13.8. The molecule has 1 unspecified atom stereocenters. The minimum Gasteiger partial charge on any atom is -0.310 e. The second-order valence-electron chi connectivity index (χ2n) is 4.93. The average molecular weight is 257 g/mol. The van der Waals surface area contributed by atoms with Gasteiger partial charge in [-0.25, -0.2) is 0 Å². The molecule has 0 bridgehead atoms. The Balaban J connectivity index is 1.60. The summed E-state index contributed by atoms with van der Waals surface area (Å²) in [5.41, 5.74) is 3.06. The summed E-state index contributed by atoms with van der Waals surface area (Å²) >= 11 is 1.86. The van der Waals surface area contributed by atoms with Crippen LogP contribution in [0.15, 0.2) is 41.8 Å². The van der Waals surface area contributed by atoms with Gasteiger partial charge >= 0.3 is 0 Å². The van der Waals surface area contributed by atoms with E-state index in [1.807, 2.05) is 11.3 Å². The van der Waals surface area contributed by atoms with Gasteiger partial charge in [-0.2, -0.15) is 0 Å². The Hall–Kier alpha value is -1.12. The van der Waals surface area contributed by atoms with Gasteiger partial charge in [-0.3, -0.25) is 0 Å². The number of benzene rings is 1. The molecule has 2 heteroatoms. The van der Waals surface area contributed by atoms with Gasteiger partial charge < -0.3 is 5.32 Å². The van der Waals surface area contributed by atoms with Gasteiger partial charge in [0.15, 0.2) is 0 Å². The quantitative estimate of drug-likeness (QED) is 0.874. The lowest BCUT2D eigenvalue weighted by molar-refractivity contribution is 0.463. The fourth-order valence-corrected chi connectivity index (χ4v) is 3.50. The summed E-state index contributed by atoms with van der Waals surface area (Å²) in [5, 5.41) is 5.88. The fourth-order valence-electron chi connectivity index (χ4n) is 2.79. The first kappa shape index (κ1) is 11.9. The van der Waals surface area contributed by atoms with Crippen LogP contribution in [0.2, 0.25) is 0 Å². The summed E-state index contributed by atoms with van der Waals surface area (Å²) in [4.78, 5) is 1.48. The van der Waals surface area contributed by atoms with Gasteiger partial charge in [0.2, 0.25) is 0 Å². The number of aryl methyl sites for hydroxylation is 1. The molecule has 1 aliphatic rings. The van der Waals surface area contributed by atoms with E-state index in [1.165, 1.54) is 35.3 Å². The molecule has 1 nitrogen and oxygen atoms in total. The zero-order chi connectivity index (χ0) is 12.2. The van der Waals surface area contributed by atoms with Crippen LogP contribution < -0.4 is 5.32 Å². The lowest BCUT2D eigenvalue weighted by atomic mass is 9.88. The monoisotopic (exact) mass is 257 g/mol. The minimum absolute atomic E-state index is 0.565. The molecule has 0 saturated heterocycles. The maximum Gasteiger partial charge on any atom is 0.0323 e. The molecule has 1 atom stereocenters. The van der Waals surface area contributed by atoms with Crippen molar-refractivity contribution in [2.75, 3.05) is 6.54 Å². The Bertz CT molecular complexity index is 490. The zero-order valence-corrected chi connectivity index (χ0v) is 11.4. The smallest absolute Gasteiger partial charge is 0.0323 e. The van der Waals surface area contributed by atoms with Crippen LogP contribution in [-0.2, 0) is 12.8 Å². The number of nitrogens with one attached hydrogen (secondary N) is 1. The van der Waals surface area contributed by atoms with E-state index >= 15 is 0 Å². The number of fused-ring (bicyclic) bond motifs is 1. The van der Waals surface area contributed by atoms with Gasteiger partial charge in [0.1, 0.15) is 0 Å². The van der Waals surface area contributed by atoms with Crippen molar-refractivity contribution >= 4 is 11.3 Å². The molecule has 0 aliphatic heterocycles. The fraction of sp³-hybridized carbons (Fsp3) is 0.375. The maximum absolute atomic E-state index is 3.72. The molecule has 18 heavy (non-hydrogen) atoms. The highest BCUT2D eigenvalue weighted by Crippen LogP contribution is 2.29. The van der Waals surface area contributed by atoms with Crippen LogP contribution in [0.1, 0.15) is 34.9 Å². The van der Waals surface area contributed by atoms with Crippen molar-refractivity contribution in [3.05, 3.63) is 57.8 Å². The number of thiophene rings is 1. The molecule has 1 aromatic heterocycles. The Morgan fingerprint density at radius 3 is 3.00 bits per heavy atom. The van der Waals surface area contributed by atoms with E-state index in [0.29, 0.717) is 6.04 Å². The van der Waals surface area contributed by atoms with Gasteiger partial charge in [0, 0.05) is 17.5 Å². The van der Waals surface area contributed by atoms with Crippen LogP contribution in [0.3, 0.4) is 0 Å². The first-order valence-corrected chi connectivity index (χ1v) is 7.65. The molecule has 0 saturated carbocycles. The molecule has 1 N–H and O–H groups in total. The second-order valence-corrected chi connectivity index (χ2v) is 5.96. The predicted octanol–water partition coefficient (Wildman–Crippen LogP) is 3.96. The maximum atomic E-state index is 3.72. The van der Waals surface area contributed by atoms with Crippen LogP contribution in [0.4, 0.5) is 0 Å². The molecule has 3 rings (SSSR count). The van der Waals surface area contributed by atoms with Crippen LogP contribution >= 0.6 is 11.3 Å². The van der Waals surface area contributed by atoms with Gasteiger partial charge in [-0.1, -0.05) is 30.3 Å². The van der Waals surface area contributed by atoms with Crippen molar-refractivity contribution in [3.63, 3.8) is 0 Å². The van der Waals surface area contributed by atoms with E-state index in [2.05, 4.69) is 47.1 Å². The van der Waals surface area contributed by atoms with Gasteiger partial charge in [-0.05, 0) is 48.3 Å². The average Bonchev–Trinajstić information content (AvgIpc) is 2.92. The highest BCUT2D eigenvalue weighted by Gasteiger charge is 2.18. The van der Waals surface area contributed by atoms with Crippen molar-refractivity contribution in [2.24, 2.45) is 0 Å². The first-order chi connectivity index (χ1) is 8.93. The Morgan fingerprint density at radius 1 is 1.17 bits per heavy atom. The Morgan fingerprint density at radius 2 is 2.11 bits per heavy atom. The van der Waals surface area contributed by atoms with E-state index < -0.39 is 0 Å². The van der Waals surface area contributed by atoms with Crippen molar-refractivity contribution in [3.8, 4) is 0 Å². The number of hydrogen-bond acceptors (Lipinski definition) is 2. The number of rotatable bonds is 4. The van der Waals surface area contributed by atoms with Gasteiger partial charge in [0.05, 0.1) is 0 Å². The third kappa shape index (κ3) is 2.65. The van der Waals surface area contributed by atoms with Crippen LogP contribution in [0.25, 0.3) is 0 Å². The van der Waals surface area contributed by atoms with Crippen LogP contribution in [0, 0.1) is 0 Å². The molecule has 1 aromatic carbocycles.